The molecule has 0 radical (unpaired) electrons. The Kier molecular flexibility index (Phi) is 7.08. The number of carboxylic acids is 2. The average molecular weight is 453 g/mol. The SMILES string of the molecule is O=C(O)/C=C/C(=O)O.c1ccc2c(c1)COc1ccccc1C21OCC(CN2CCCC2)O1. The molecule has 2 N–H and O–H groups in total. The fraction of sp³-hybridized carbons (Fsp3) is 0.360. The minimum Gasteiger partial charge on any atom is -0.488 e. The zero-order valence-corrected chi connectivity index (χ0v) is 18.2. The number of carbonyl (C=O) groups is 2. The molecule has 2 fully saturated rings. The Labute approximate surface area is 192 Å². The molecule has 2 aromatic rings. The Morgan fingerprint density at radius 2 is 1.61 bits per heavy atom. The number of likely N-dealkylation sites (tertiary alicyclic amines) is 1. The van der Waals surface area contributed by atoms with Gasteiger partial charge >= 0.3 is 11.9 Å². The van der Waals surface area contributed by atoms with Crippen molar-refractivity contribution in [1.29, 1.82) is 0 Å². The van der Waals surface area contributed by atoms with Gasteiger partial charge in [0.15, 0.2) is 0 Å². The van der Waals surface area contributed by atoms with Crippen LogP contribution in [0.25, 0.3) is 0 Å². The zero-order valence-electron chi connectivity index (χ0n) is 18.2. The van der Waals surface area contributed by atoms with Crippen LogP contribution >= 0.6 is 0 Å². The highest BCUT2D eigenvalue weighted by Gasteiger charge is 2.49. The monoisotopic (exact) mass is 453 g/mol. The highest BCUT2D eigenvalue weighted by atomic mass is 16.7. The molecule has 174 valence electrons. The van der Waals surface area contributed by atoms with Gasteiger partial charge in [0.05, 0.1) is 18.3 Å². The predicted molar refractivity (Wildman–Crippen MR) is 119 cm³/mol. The van der Waals surface area contributed by atoms with Gasteiger partial charge in [-0.15, -0.1) is 0 Å². The van der Waals surface area contributed by atoms with Crippen molar-refractivity contribution in [1.82, 2.24) is 4.90 Å². The molecule has 3 aliphatic rings. The molecule has 2 aromatic carbocycles. The van der Waals surface area contributed by atoms with E-state index in [1.54, 1.807) is 0 Å². The topological polar surface area (TPSA) is 106 Å². The standard InChI is InChI=1S/C21H23NO3.C4H4O4/c1-2-8-18-16(7-1)14-23-20-10-4-3-9-19(20)21(18)24-15-17(25-21)13-22-11-5-6-12-22;5-3(6)1-2-4(7)8/h1-4,7-10,17H,5-6,11-15H2;1-2H,(H,5,6)(H,7,8)/b;2-1+. The minimum atomic E-state index is -1.26. The van der Waals surface area contributed by atoms with E-state index in [0.29, 0.717) is 25.4 Å². The van der Waals surface area contributed by atoms with Gasteiger partial charge in [0.1, 0.15) is 12.4 Å². The minimum absolute atomic E-state index is 0.0808. The lowest BCUT2D eigenvalue weighted by molar-refractivity contribution is -0.144. The third-order valence-corrected chi connectivity index (χ3v) is 5.83. The summed E-state index contributed by atoms with van der Waals surface area (Å²) in [5, 5.41) is 15.6. The summed E-state index contributed by atoms with van der Waals surface area (Å²) in [4.78, 5) is 21.6. The first kappa shape index (κ1) is 23.0. The molecule has 8 heteroatoms. The second kappa shape index (κ2) is 10.2. The molecule has 3 aliphatic heterocycles. The molecule has 0 saturated carbocycles. The molecule has 0 amide bonds. The number of hydrogen-bond donors (Lipinski definition) is 2. The maximum Gasteiger partial charge on any atom is 0.328 e. The molecule has 0 aromatic heterocycles. The summed E-state index contributed by atoms with van der Waals surface area (Å²) in [6.07, 6.45) is 3.78. The van der Waals surface area contributed by atoms with E-state index in [4.69, 9.17) is 24.4 Å². The van der Waals surface area contributed by atoms with Gasteiger partial charge in [-0.1, -0.05) is 36.4 Å². The number of para-hydroxylation sites is 1. The van der Waals surface area contributed by atoms with Crippen molar-refractivity contribution in [2.24, 2.45) is 0 Å². The van der Waals surface area contributed by atoms with Crippen LogP contribution in [0.5, 0.6) is 5.75 Å². The second-order valence-electron chi connectivity index (χ2n) is 8.13. The van der Waals surface area contributed by atoms with Crippen LogP contribution in [0.15, 0.2) is 60.7 Å². The van der Waals surface area contributed by atoms with E-state index < -0.39 is 17.7 Å². The van der Waals surface area contributed by atoms with Gasteiger partial charge in [-0.2, -0.15) is 0 Å². The summed E-state index contributed by atoms with van der Waals surface area (Å²) in [6, 6.07) is 16.4. The number of carboxylic acid groups (broad SMARTS) is 2. The normalized spacial score (nSPS) is 23.8. The van der Waals surface area contributed by atoms with Gasteiger partial charge in [-0.25, -0.2) is 9.59 Å². The highest BCUT2D eigenvalue weighted by Crippen LogP contribution is 2.47. The van der Waals surface area contributed by atoms with E-state index in [2.05, 4.69) is 29.2 Å². The summed E-state index contributed by atoms with van der Waals surface area (Å²) >= 11 is 0. The highest BCUT2D eigenvalue weighted by molar-refractivity contribution is 5.89. The summed E-state index contributed by atoms with van der Waals surface area (Å²) < 4.78 is 19.1. The smallest absolute Gasteiger partial charge is 0.328 e. The number of benzene rings is 2. The molecule has 33 heavy (non-hydrogen) atoms. The van der Waals surface area contributed by atoms with Crippen LogP contribution in [-0.4, -0.2) is 59.4 Å². The van der Waals surface area contributed by atoms with E-state index >= 15 is 0 Å². The molecular weight excluding hydrogens is 426 g/mol. The lowest BCUT2D eigenvalue weighted by Gasteiger charge is -2.30. The molecule has 3 heterocycles. The number of ether oxygens (including phenoxy) is 3. The van der Waals surface area contributed by atoms with E-state index in [0.717, 1.165) is 29.0 Å². The molecule has 5 rings (SSSR count). The number of nitrogens with zero attached hydrogens (tertiary/aromatic N) is 1. The van der Waals surface area contributed by atoms with Crippen molar-refractivity contribution in [3.05, 3.63) is 77.4 Å². The third-order valence-electron chi connectivity index (χ3n) is 5.83. The summed E-state index contributed by atoms with van der Waals surface area (Å²) in [5.74, 6) is -2.52. The van der Waals surface area contributed by atoms with Crippen molar-refractivity contribution in [2.75, 3.05) is 26.2 Å². The maximum atomic E-state index is 9.55. The van der Waals surface area contributed by atoms with E-state index in [1.807, 2.05) is 24.3 Å². The lowest BCUT2D eigenvalue weighted by atomic mass is 9.93. The van der Waals surface area contributed by atoms with Gasteiger partial charge in [0, 0.05) is 24.3 Å². The molecule has 8 nitrogen and oxygen atoms in total. The van der Waals surface area contributed by atoms with Gasteiger partial charge < -0.3 is 29.3 Å². The second-order valence-corrected chi connectivity index (χ2v) is 8.13. The summed E-state index contributed by atoms with van der Waals surface area (Å²) in [7, 11) is 0. The first-order valence-corrected chi connectivity index (χ1v) is 11.0. The molecule has 2 unspecified atom stereocenters. The Balaban J connectivity index is 0.000000281. The lowest BCUT2D eigenvalue weighted by Crippen LogP contribution is -2.34. The van der Waals surface area contributed by atoms with Crippen molar-refractivity contribution in [2.45, 2.75) is 31.3 Å². The first-order chi connectivity index (χ1) is 16.0. The van der Waals surface area contributed by atoms with Crippen LogP contribution in [-0.2, 0) is 31.5 Å². The molecule has 1 spiro atoms. The Morgan fingerprint density at radius 3 is 2.30 bits per heavy atom. The maximum absolute atomic E-state index is 9.55. The predicted octanol–water partition coefficient (Wildman–Crippen LogP) is 3.00. The first-order valence-electron chi connectivity index (χ1n) is 11.0. The van der Waals surface area contributed by atoms with Crippen molar-refractivity contribution >= 4 is 11.9 Å². The quantitative estimate of drug-likeness (QED) is 0.681. The van der Waals surface area contributed by atoms with Crippen molar-refractivity contribution in [3.63, 3.8) is 0 Å². The van der Waals surface area contributed by atoms with E-state index in [1.165, 1.54) is 25.9 Å². The van der Waals surface area contributed by atoms with E-state index in [-0.39, 0.29) is 6.10 Å². The van der Waals surface area contributed by atoms with Crippen LogP contribution in [0, 0.1) is 0 Å². The largest absolute Gasteiger partial charge is 0.488 e. The van der Waals surface area contributed by atoms with Gasteiger partial charge in [0.25, 0.3) is 0 Å². The van der Waals surface area contributed by atoms with Crippen LogP contribution in [0.4, 0.5) is 0 Å². The van der Waals surface area contributed by atoms with Crippen LogP contribution in [0.2, 0.25) is 0 Å². The molecule has 2 saturated heterocycles. The van der Waals surface area contributed by atoms with Crippen molar-refractivity contribution in [3.8, 4) is 5.75 Å². The molecule has 2 atom stereocenters. The summed E-state index contributed by atoms with van der Waals surface area (Å²) in [6.45, 7) is 4.43. The molecular formula is C25H27NO7. The molecule has 0 bridgehead atoms. The van der Waals surface area contributed by atoms with Gasteiger partial charge in [0.2, 0.25) is 5.79 Å². The van der Waals surface area contributed by atoms with Gasteiger partial charge in [-0.3, -0.25) is 0 Å². The molecule has 0 aliphatic carbocycles. The van der Waals surface area contributed by atoms with Gasteiger partial charge in [-0.05, 0) is 43.6 Å². The number of rotatable bonds is 4. The number of hydrogen-bond acceptors (Lipinski definition) is 6. The van der Waals surface area contributed by atoms with Crippen LogP contribution < -0.4 is 4.74 Å². The average Bonchev–Trinajstić information content (AvgIpc) is 3.45. The fourth-order valence-corrected chi connectivity index (χ4v) is 4.41. The Bertz CT molecular complexity index is 965. The van der Waals surface area contributed by atoms with Crippen molar-refractivity contribution < 1.29 is 34.0 Å². The number of aliphatic carboxylic acids is 2. The summed E-state index contributed by atoms with van der Waals surface area (Å²) in [5.41, 5.74) is 3.17. The Hall–Kier alpha value is -3.20. The third kappa shape index (κ3) is 5.24. The number of fused-ring (bicyclic) bond motifs is 4. The van der Waals surface area contributed by atoms with E-state index in [9.17, 15) is 9.59 Å². The van der Waals surface area contributed by atoms with Crippen LogP contribution in [0.3, 0.4) is 0 Å². The Morgan fingerprint density at radius 1 is 0.970 bits per heavy atom. The zero-order chi connectivity index (χ0) is 23.3. The fourth-order valence-electron chi connectivity index (χ4n) is 4.41. The van der Waals surface area contributed by atoms with Crippen LogP contribution in [0.1, 0.15) is 29.5 Å².